The van der Waals surface area contributed by atoms with E-state index in [-0.39, 0.29) is 12.4 Å². The number of aromatic nitrogens is 2. The van der Waals surface area contributed by atoms with E-state index < -0.39 is 0 Å². The molecule has 3 atom stereocenters. The van der Waals surface area contributed by atoms with Gasteiger partial charge in [-0.15, -0.1) is 12.4 Å². The monoisotopic (exact) mass is 380 g/mol. The molecule has 0 radical (unpaired) electrons. The maximum absolute atomic E-state index is 4.69. The molecule has 5 heteroatoms. The Labute approximate surface area is 165 Å². The zero-order valence-electron chi connectivity index (χ0n) is 16.6. The third-order valence-electron chi connectivity index (χ3n) is 7.21. The molecule has 0 bridgehead atoms. The van der Waals surface area contributed by atoms with Crippen molar-refractivity contribution < 1.29 is 0 Å². The highest BCUT2D eigenvalue weighted by Gasteiger charge is 2.56. The molecule has 26 heavy (non-hydrogen) atoms. The summed E-state index contributed by atoms with van der Waals surface area (Å²) in [6.45, 7) is 10.5. The summed E-state index contributed by atoms with van der Waals surface area (Å²) in [6, 6.07) is 0.800. The van der Waals surface area contributed by atoms with Gasteiger partial charge in [0.1, 0.15) is 5.82 Å². The van der Waals surface area contributed by atoms with Gasteiger partial charge < -0.3 is 9.88 Å². The van der Waals surface area contributed by atoms with Crippen molar-refractivity contribution in [2.24, 2.45) is 17.3 Å². The van der Waals surface area contributed by atoms with Gasteiger partial charge in [0.15, 0.2) is 0 Å². The maximum atomic E-state index is 4.69. The Kier molecular flexibility index (Phi) is 6.68. The molecule has 4 rings (SSSR count). The number of aryl methyl sites for hydroxylation is 1. The van der Waals surface area contributed by atoms with Crippen molar-refractivity contribution in [3.05, 3.63) is 18.2 Å². The Balaban J connectivity index is 0.00000196. The van der Waals surface area contributed by atoms with E-state index in [2.05, 4.69) is 39.8 Å². The minimum atomic E-state index is 0. The van der Waals surface area contributed by atoms with Crippen LogP contribution in [0.4, 0.5) is 0 Å². The van der Waals surface area contributed by atoms with Crippen molar-refractivity contribution in [1.82, 2.24) is 19.8 Å². The lowest BCUT2D eigenvalue weighted by Crippen LogP contribution is -2.39. The van der Waals surface area contributed by atoms with Crippen molar-refractivity contribution in [3.8, 4) is 0 Å². The molecule has 3 aliphatic rings. The number of hydrogen-bond acceptors (Lipinski definition) is 3. The van der Waals surface area contributed by atoms with Crippen LogP contribution in [0.5, 0.6) is 0 Å². The summed E-state index contributed by atoms with van der Waals surface area (Å²) in [5.41, 5.74) is 0.620. The first-order valence-electron chi connectivity index (χ1n) is 10.6. The van der Waals surface area contributed by atoms with Gasteiger partial charge in [-0.2, -0.15) is 0 Å². The van der Waals surface area contributed by atoms with Crippen LogP contribution in [0, 0.1) is 17.3 Å². The summed E-state index contributed by atoms with van der Waals surface area (Å²) < 4.78 is 2.33. The van der Waals surface area contributed by atoms with E-state index in [4.69, 9.17) is 0 Å². The van der Waals surface area contributed by atoms with Crippen molar-refractivity contribution >= 4 is 12.4 Å². The SMILES string of the molecule is CCn1ccnc1CN(CC1CCCC(C)C1)C1CC12CCNCC2.Cl. The predicted molar refractivity (Wildman–Crippen MR) is 110 cm³/mol. The van der Waals surface area contributed by atoms with Gasteiger partial charge in [0.2, 0.25) is 0 Å². The lowest BCUT2D eigenvalue weighted by atomic mass is 9.82. The first-order chi connectivity index (χ1) is 12.2. The molecule has 1 spiro atoms. The summed E-state index contributed by atoms with van der Waals surface area (Å²) >= 11 is 0. The molecule has 0 amide bonds. The molecule has 1 aromatic heterocycles. The minimum Gasteiger partial charge on any atom is -0.334 e. The zero-order chi connectivity index (χ0) is 17.3. The number of nitrogens with zero attached hydrogens (tertiary/aromatic N) is 3. The fourth-order valence-corrected chi connectivity index (χ4v) is 5.62. The first kappa shape index (κ1) is 20.2. The average Bonchev–Trinajstić information content (AvgIpc) is 3.10. The van der Waals surface area contributed by atoms with Gasteiger partial charge in [-0.05, 0) is 69.4 Å². The van der Waals surface area contributed by atoms with Crippen LogP contribution in [0.25, 0.3) is 0 Å². The zero-order valence-corrected chi connectivity index (χ0v) is 17.4. The lowest BCUT2D eigenvalue weighted by Gasteiger charge is -2.34. The molecule has 2 aliphatic carbocycles. The number of imidazole rings is 1. The van der Waals surface area contributed by atoms with Crippen molar-refractivity contribution in [1.29, 1.82) is 0 Å². The molecule has 148 valence electrons. The molecular weight excluding hydrogens is 344 g/mol. The largest absolute Gasteiger partial charge is 0.334 e. The quantitative estimate of drug-likeness (QED) is 0.806. The van der Waals surface area contributed by atoms with Gasteiger partial charge in [-0.1, -0.05) is 19.8 Å². The van der Waals surface area contributed by atoms with Crippen molar-refractivity contribution in [2.45, 2.75) is 77.9 Å². The number of piperidine rings is 1. The van der Waals surface area contributed by atoms with Gasteiger partial charge >= 0.3 is 0 Å². The highest BCUT2D eigenvalue weighted by molar-refractivity contribution is 5.85. The standard InChI is InChI=1S/C21H36N4.ClH/c1-3-24-12-11-23-20(24)16-25(15-18-6-4-5-17(2)13-18)19-14-21(19)7-9-22-10-8-21;/h11-12,17-19,22H,3-10,13-16H2,1-2H3;1H. The van der Waals surface area contributed by atoms with E-state index in [1.54, 1.807) is 0 Å². The molecule has 2 heterocycles. The highest BCUT2D eigenvalue weighted by atomic mass is 35.5. The number of nitrogens with one attached hydrogen (secondary N) is 1. The summed E-state index contributed by atoms with van der Waals surface area (Å²) in [4.78, 5) is 7.52. The Hall–Kier alpha value is -0.580. The number of hydrogen-bond donors (Lipinski definition) is 1. The third-order valence-corrected chi connectivity index (χ3v) is 7.21. The van der Waals surface area contributed by atoms with E-state index in [9.17, 15) is 0 Å². The van der Waals surface area contributed by atoms with Crippen LogP contribution >= 0.6 is 12.4 Å². The summed E-state index contributed by atoms with van der Waals surface area (Å²) in [6.07, 6.45) is 14.0. The van der Waals surface area contributed by atoms with Gasteiger partial charge in [0, 0.05) is 31.5 Å². The number of halogens is 1. The Morgan fingerprint density at radius 1 is 1.31 bits per heavy atom. The van der Waals surface area contributed by atoms with Gasteiger partial charge in [0.25, 0.3) is 0 Å². The van der Waals surface area contributed by atoms with E-state index in [1.807, 2.05) is 6.20 Å². The molecule has 3 fully saturated rings. The van der Waals surface area contributed by atoms with E-state index in [0.717, 1.165) is 31.0 Å². The van der Waals surface area contributed by atoms with Gasteiger partial charge in [0.05, 0.1) is 6.54 Å². The molecule has 2 saturated carbocycles. The molecule has 1 N–H and O–H groups in total. The normalized spacial score (nSPS) is 30.3. The summed E-state index contributed by atoms with van der Waals surface area (Å²) in [5.74, 6) is 3.08. The molecule has 1 aliphatic heterocycles. The second-order valence-electron chi connectivity index (χ2n) is 9.03. The van der Waals surface area contributed by atoms with Crippen molar-refractivity contribution in [3.63, 3.8) is 0 Å². The van der Waals surface area contributed by atoms with Crippen LogP contribution in [0.15, 0.2) is 12.4 Å². The fourth-order valence-electron chi connectivity index (χ4n) is 5.62. The highest BCUT2D eigenvalue weighted by Crippen LogP contribution is 2.56. The Morgan fingerprint density at radius 3 is 2.85 bits per heavy atom. The molecule has 0 aromatic carbocycles. The molecule has 1 saturated heterocycles. The van der Waals surface area contributed by atoms with Crippen molar-refractivity contribution in [2.75, 3.05) is 19.6 Å². The van der Waals surface area contributed by atoms with Crippen LogP contribution < -0.4 is 5.32 Å². The smallest absolute Gasteiger partial charge is 0.122 e. The molecular formula is C21H37ClN4. The topological polar surface area (TPSA) is 33.1 Å². The number of rotatable bonds is 6. The average molecular weight is 381 g/mol. The second kappa shape index (κ2) is 8.62. The van der Waals surface area contributed by atoms with E-state index >= 15 is 0 Å². The van der Waals surface area contributed by atoms with Crippen LogP contribution in [0.2, 0.25) is 0 Å². The van der Waals surface area contributed by atoms with Gasteiger partial charge in [-0.25, -0.2) is 4.98 Å². The van der Waals surface area contributed by atoms with Crippen LogP contribution in [0.3, 0.4) is 0 Å². The Morgan fingerprint density at radius 2 is 2.12 bits per heavy atom. The van der Waals surface area contributed by atoms with Crippen LogP contribution in [-0.2, 0) is 13.1 Å². The third kappa shape index (κ3) is 4.28. The molecule has 3 unspecified atom stereocenters. The minimum absolute atomic E-state index is 0. The first-order valence-corrected chi connectivity index (χ1v) is 10.6. The van der Waals surface area contributed by atoms with E-state index in [0.29, 0.717) is 5.41 Å². The molecule has 4 nitrogen and oxygen atoms in total. The van der Waals surface area contributed by atoms with Gasteiger partial charge in [-0.3, -0.25) is 4.90 Å². The predicted octanol–water partition coefficient (Wildman–Crippen LogP) is 4.10. The van der Waals surface area contributed by atoms with Crippen LogP contribution in [-0.4, -0.2) is 40.1 Å². The second-order valence-corrected chi connectivity index (χ2v) is 9.03. The summed E-state index contributed by atoms with van der Waals surface area (Å²) in [5, 5.41) is 3.56. The fraction of sp³-hybridized carbons (Fsp3) is 0.857. The summed E-state index contributed by atoms with van der Waals surface area (Å²) in [7, 11) is 0. The lowest BCUT2D eigenvalue weighted by molar-refractivity contribution is 0.137. The van der Waals surface area contributed by atoms with Crippen LogP contribution in [0.1, 0.15) is 64.6 Å². The molecule has 1 aromatic rings. The van der Waals surface area contributed by atoms with E-state index in [1.165, 1.54) is 70.4 Å². The Bertz CT molecular complexity index is 566. The maximum Gasteiger partial charge on any atom is 0.122 e.